The number of aromatic nitrogens is 1. The second kappa shape index (κ2) is 6.58. The summed E-state index contributed by atoms with van der Waals surface area (Å²) in [7, 11) is 0. The Balaban J connectivity index is 1.56. The molecule has 5 nitrogen and oxygen atoms in total. The molecule has 1 amide bonds. The summed E-state index contributed by atoms with van der Waals surface area (Å²) in [6.07, 6.45) is 5.00. The Morgan fingerprint density at radius 1 is 1.23 bits per heavy atom. The van der Waals surface area contributed by atoms with Gasteiger partial charge in [-0.15, -0.1) is 22.7 Å². The maximum atomic E-state index is 12.3. The topological polar surface area (TPSA) is 79.3 Å². The highest BCUT2D eigenvalue weighted by molar-refractivity contribution is 7.10. The van der Waals surface area contributed by atoms with Gasteiger partial charge in [0, 0.05) is 28.6 Å². The molecule has 0 saturated heterocycles. The van der Waals surface area contributed by atoms with Crippen molar-refractivity contribution in [3.63, 3.8) is 0 Å². The van der Waals surface area contributed by atoms with Crippen LogP contribution < -0.4 is 5.32 Å². The summed E-state index contributed by atoms with van der Waals surface area (Å²) in [4.78, 5) is 28.4. The van der Waals surface area contributed by atoms with Gasteiger partial charge in [0.15, 0.2) is 5.69 Å². The van der Waals surface area contributed by atoms with Crippen molar-refractivity contribution in [2.24, 2.45) is 0 Å². The Labute approximate surface area is 136 Å². The van der Waals surface area contributed by atoms with Crippen molar-refractivity contribution in [3.8, 4) is 0 Å². The summed E-state index contributed by atoms with van der Waals surface area (Å²) in [5.74, 6) is -1.05. The smallest absolute Gasteiger partial charge is 0.355 e. The minimum Gasteiger partial charge on any atom is -0.476 e. The minimum absolute atomic E-state index is 0.0329. The third-order valence-electron chi connectivity index (χ3n) is 3.70. The van der Waals surface area contributed by atoms with E-state index in [9.17, 15) is 9.59 Å². The first-order chi connectivity index (χ1) is 10.6. The SMILES string of the molecule is O=C(O)c1csc(CCNC(=O)c2csc3c2CCCC3)n1. The van der Waals surface area contributed by atoms with E-state index < -0.39 is 5.97 Å². The molecule has 0 spiro atoms. The molecule has 22 heavy (non-hydrogen) atoms. The first-order valence-electron chi connectivity index (χ1n) is 7.20. The average molecular weight is 336 g/mol. The molecule has 0 fully saturated rings. The quantitative estimate of drug-likeness (QED) is 0.880. The number of fused-ring (bicyclic) bond motifs is 1. The van der Waals surface area contributed by atoms with Gasteiger partial charge in [0.1, 0.15) is 0 Å². The monoisotopic (exact) mass is 336 g/mol. The first kappa shape index (κ1) is 15.2. The van der Waals surface area contributed by atoms with Gasteiger partial charge < -0.3 is 10.4 Å². The van der Waals surface area contributed by atoms with Crippen LogP contribution in [0.4, 0.5) is 0 Å². The van der Waals surface area contributed by atoms with E-state index >= 15 is 0 Å². The minimum atomic E-state index is -1.02. The Morgan fingerprint density at radius 3 is 2.82 bits per heavy atom. The van der Waals surface area contributed by atoms with Crippen molar-refractivity contribution < 1.29 is 14.7 Å². The standard InChI is InChI=1S/C15H16N2O3S2/c18-14(10-7-21-12-4-2-1-3-9(10)12)16-6-5-13-17-11(8-22-13)15(19)20/h7-8H,1-6H2,(H,16,18)(H,19,20). The number of carboxylic acid groups (broad SMARTS) is 1. The second-order valence-corrected chi connectivity index (χ2v) is 7.10. The van der Waals surface area contributed by atoms with Gasteiger partial charge in [0.05, 0.1) is 10.6 Å². The van der Waals surface area contributed by atoms with Gasteiger partial charge >= 0.3 is 5.97 Å². The molecule has 7 heteroatoms. The number of carbonyl (C=O) groups is 2. The van der Waals surface area contributed by atoms with E-state index in [0.717, 1.165) is 29.8 Å². The van der Waals surface area contributed by atoms with Crippen molar-refractivity contribution in [2.75, 3.05) is 6.54 Å². The fraction of sp³-hybridized carbons (Fsp3) is 0.400. The van der Waals surface area contributed by atoms with Crippen LogP contribution in [0, 0.1) is 0 Å². The summed E-state index contributed by atoms with van der Waals surface area (Å²) in [6, 6.07) is 0. The van der Waals surface area contributed by atoms with Crippen LogP contribution in [0.25, 0.3) is 0 Å². The summed E-state index contributed by atoms with van der Waals surface area (Å²) in [5.41, 5.74) is 2.10. The predicted molar refractivity (Wildman–Crippen MR) is 86.1 cm³/mol. The highest BCUT2D eigenvalue weighted by Crippen LogP contribution is 2.30. The van der Waals surface area contributed by atoms with E-state index in [1.165, 1.54) is 33.6 Å². The summed E-state index contributed by atoms with van der Waals surface area (Å²) < 4.78 is 0. The van der Waals surface area contributed by atoms with Gasteiger partial charge in [0.25, 0.3) is 5.91 Å². The molecule has 0 bridgehead atoms. The predicted octanol–water partition coefficient (Wildman–Crippen LogP) is 2.75. The van der Waals surface area contributed by atoms with Gasteiger partial charge in [-0.3, -0.25) is 4.79 Å². The number of thiazole rings is 1. The number of carboxylic acids is 1. The molecular weight excluding hydrogens is 320 g/mol. The molecule has 0 atom stereocenters. The largest absolute Gasteiger partial charge is 0.476 e. The van der Waals surface area contributed by atoms with Gasteiger partial charge in [0.2, 0.25) is 0 Å². The lowest BCUT2D eigenvalue weighted by atomic mass is 9.96. The lowest BCUT2D eigenvalue weighted by Gasteiger charge is -2.12. The van der Waals surface area contributed by atoms with Crippen LogP contribution in [-0.4, -0.2) is 28.5 Å². The third kappa shape index (κ3) is 3.20. The Morgan fingerprint density at radius 2 is 2.05 bits per heavy atom. The van der Waals surface area contributed by atoms with Crippen molar-refractivity contribution in [2.45, 2.75) is 32.1 Å². The Kier molecular flexibility index (Phi) is 4.54. The lowest BCUT2D eigenvalue weighted by Crippen LogP contribution is -2.26. The van der Waals surface area contributed by atoms with Gasteiger partial charge in [-0.25, -0.2) is 9.78 Å². The molecule has 0 aromatic carbocycles. The molecule has 2 heterocycles. The van der Waals surface area contributed by atoms with E-state index in [2.05, 4.69) is 10.3 Å². The maximum absolute atomic E-state index is 12.3. The lowest BCUT2D eigenvalue weighted by molar-refractivity contribution is 0.0690. The number of carbonyl (C=O) groups excluding carboxylic acids is 1. The van der Waals surface area contributed by atoms with Crippen LogP contribution in [0.1, 0.15) is 49.1 Å². The number of amides is 1. The zero-order chi connectivity index (χ0) is 15.5. The van der Waals surface area contributed by atoms with Crippen LogP contribution in [0.5, 0.6) is 0 Å². The molecule has 0 aliphatic heterocycles. The average Bonchev–Trinajstić information content (AvgIpc) is 3.13. The number of hydrogen-bond acceptors (Lipinski definition) is 5. The van der Waals surface area contributed by atoms with E-state index in [-0.39, 0.29) is 11.6 Å². The zero-order valence-corrected chi connectivity index (χ0v) is 13.6. The molecular formula is C15H16N2O3S2. The molecule has 0 saturated carbocycles. The zero-order valence-electron chi connectivity index (χ0n) is 11.9. The van der Waals surface area contributed by atoms with E-state index in [0.29, 0.717) is 13.0 Å². The summed E-state index contributed by atoms with van der Waals surface area (Å²) in [6.45, 7) is 0.468. The number of aromatic carboxylic acids is 1. The van der Waals surface area contributed by atoms with Crippen molar-refractivity contribution in [3.05, 3.63) is 37.5 Å². The van der Waals surface area contributed by atoms with E-state index in [4.69, 9.17) is 5.11 Å². The molecule has 0 radical (unpaired) electrons. The number of rotatable bonds is 5. The fourth-order valence-electron chi connectivity index (χ4n) is 2.59. The van der Waals surface area contributed by atoms with Gasteiger partial charge in [-0.05, 0) is 31.2 Å². The van der Waals surface area contributed by atoms with Gasteiger partial charge in [-0.1, -0.05) is 0 Å². The van der Waals surface area contributed by atoms with E-state index in [1.807, 2.05) is 5.38 Å². The van der Waals surface area contributed by atoms with Crippen molar-refractivity contribution in [1.29, 1.82) is 0 Å². The van der Waals surface area contributed by atoms with Crippen LogP contribution >= 0.6 is 22.7 Å². The Bertz CT molecular complexity index is 705. The molecule has 2 aromatic rings. The molecule has 1 aliphatic rings. The normalized spacial score (nSPS) is 13.6. The van der Waals surface area contributed by atoms with E-state index in [1.54, 1.807) is 11.3 Å². The van der Waals surface area contributed by atoms with Crippen LogP contribution in [0.3, 0.4) is 0 Å². The van der Waals surface area contributed by atoms with Crippen LogP contribution in [0.2, 0.25) is 0 Å². The highest BCUT2D eigenvalue weighted by atomic mass is 32.1. The Hall–Kier alpha value is -1.73. The van der Waals surface area contributed by atoms with Crippen molar-refractivity contribution >= 4 is 34.6 Å². The molecule has 0 unspecified atom stereocenters. The molecule has 116 valence electrons. The summed E-state index contributed by atoms with van der Waals surface area (Å²) in [5, 5.41) is 15.9. The second-order valence-electron chi connectivity index (χ2n) is 5.20. The van der Waals surface area contributed by atoms with Gasteiger partial charge in [-0.2, -0.15) is 0 Å². The number of nitrogens with zero attached hydrogens (tertiary/aromatic N) is 1. The number of thiophene rings is 1. The van der Waals surface area contributed by atoms with Crippen molar-refractivity contribution in [1.82, 2.24) is 10.3 Å². The third-order valence-corrected chi connectivity index (χ3v) is 5.70. The molecule has 1 aliphatic carbocycles. The fourth-order valence-corrected chi connectivity index (χ4v) is 4.48. The maximum Gasteiger partial charge on any atom is 0.355 e. The molecule has 3 rings (SSSR count). The van der Waals surface area contributed by atoms with Crippen LogP contribution in [0.15, 0.2) is 10.8 Å². The number of nitrogens with one attached hydrogen (secondary N) is 1. The number of hydrogen-bond donors (Lipinski definition) is 2. The first-order valence-corrected chi connectivity index (χ1v) is 8.96. The number of aryl methyl sites for hydroxylation is 1. The highest BCUT2D eigenvalue weighted by Gasteiger charge is 2.19. The molecule has 2 aromatic heterocycles. The summed E-state index contributed by atoms with van der Waals surface area (Å²) >= 11 is 2.99. The molecule has 2 N–H and O–H groups in total. The van der Waals surface area contributed by atoms with Crippen LogP contribution in [-0.2, 0) is 19.3 Å².